The van der Waals surface area contributed by atoms with Gasteiger partial charge in [0.2, 0.25) is 0 Å². The first-order chi connectivity index (χ1) is 11.5. The highest BCUT2D eigenvalue weighted by Crippen LogP contribution is 2.36. The number of carboxylic acid groups (broad SMARTS) is 1. The number of nitrogens with one attached hydrogen (secondary N) is 1. The van der Waals surface area contributed by atoms with Crippen LogP contribution in [0.5, 0.6) is 0 Å². The lowest BCUT2D eigenvalue weighted by Crippen LogP contribution is -2.04. The number of hydrogen-bond acceptors (Lipinski definition) is 6. The van der Waals surface area contributed by atoms with E-state index < -0.39 is 5.97 Å². The number of carboxylic acids is 1. The van der Waals surface area contributed by atoms with Crippen LogP contribution in [-0.4, -0.2) is 21.0 Å². The quantitative estimate of drug-likeness (QED) is 0.654. The van der Waals surface area contributed by atoms with Crippen LogP contribution in [0, 0.1) is 5.92 Å². The van der Waals surface area contributed by atoms with E-state index in [2.05, 4.69) is 35.2 Å². The summed E-state index contributed by atoms with van der Waals surface area (Å²) in [6.45, 7) is 4.35. The fourth-order valence-corrected chi connectivity index (χ4v) is 4.29. The maximum atomic E-state index is 11.3. The van der Waals surface area contributed by atoms with Crippen LogP contribution in [0.3, 0.4) is 0 Å². The van der Waals surface area contributed by atoms with Crippen molar-refractivity contribution in [3.8, 4) is 10.6 Å². The molecule has 24 heavy (non-hydrogen) atoms. The van der Waals surface area contributed by atoms with Gasteiger partial charge in [0.25, 0.3) is 0 Å². The lowest BCUT2D eigenvalue weighted by atomic mass is 10.1. The molecule has 0 aliphatic rings. The van der Waals surface area contributed by atoms with Crippen molar-refractivity contribution in [2.75, 3.05) is 5.32 Å². The molecule has 124 valence electrons. The molecule has 0 saturated carbocycles. The Labute approximate surface area is 148 Å². The molecule has 0 saturated heterocycles. The molecule has 0 aliphatic carbocycles. The largest absolute Gasteiger partial charge is 0.478 e. The second kappa shape index (κ2) is 7.11. The highest BCUT2D eigenvalue weighted by Gasteiger charge is 2.17. The van der Waals surface area contributed by atoms with E-state index in [9.17, 15) is 9.90 Å². The zero-order chi connectivity index (χ0) is 17.1. The Bertz CT molecular complexity index is 841. The molecule has 3 aromatic heterocycles. The third-order valence-corrected chi connectivity index (χ3v) is 5.18. The summed E-state index contributed by atoms with van der Waals surface area (Å²) >= 11 is 3.20. The van der Waals surface area contributed by atoms with Gasteiger partial charge in [-0.3, -0.25) is 0 Å². The van der Waals surface area contributed by atoms with Gasteiger partial charge < -0.3 is 10.4 Å². The SMILES string of the molecule is CC(C)Cc1sc(Nc2ncccc2C(=O)O)nc1-c1cccs1. The van der Waals surface area contributed by atoms with Crippen molar-refractivity contribution in [1.29, 1.82) is 0 Å². The normalized spacial score (nSPS) is 11.0. The number of thiophene rings is 1. The molecule has 0 amide bonds. The summed E-state index contributed by atoms with van der Waals surface area (Å²) in [7, 11) is 0. The van der Waals surface area contributed by atoms with E-state index >= 15 is 0 Å². The summed E-state index contributed by atoms with van der Waals surface area (Å²) in [5, 5.41) is 15.0. The standard InChI is InChI=1S/C17H17N3O2S2/c1-10(2)9-13-14(12-6-4-8-23-12)19-17(24-13)20-15-11(16(21)22)5-3-7-18-15/h3-8,10H,9H2,1-2H3,(H,21,22)(H,18,19,20). The Balaban J connectivity index is 1.96. The van der Waals surface area contributed by atoms with E-state index in [0.717, 1.165) is 17.0 Å². The summed E-state index contributed by atoms with van der Waals surface area (Å²) in [4.78, 5) is 22.5. The third kappa shape index (κ3) is 3.63. The van der Waals surface area contributed by atoms with Crippen LogP contribution >= 0.6 is 22.7 Å². The van der Waals surface area contributed by atoms with Gasteiger partial charge in [0, 0.05) is 11.1 Å². The van der Waals surface area contributed by atoms with Gasteiger partial charge in [-0.1, -0.05) is 19.9 Å². The minimum Gasteiger partial charge on any atom is -0.478 e. The number of aromatic carboxylic acids is 1. The van der Waals surface area contributed by atoms with E-state index in [4.69, 9.17) is 0 Å². The smallest absolute Gasteiger partial charge is 0.339 e. The first-order valence-electron chi connectivity index (χ1n) is 7.53. The highest BCUT2D eigenvalue weighted by molar-refractivity contribution is 7.17. The minimum absolute atomic E-state index is 0.135. The Kier molecular flexibility index (Phi) is 4.92. The van der Waals surface area contributed by atoms with Crippen molar-refractivity contribution < 1.29 is 9.90 Å². The molecule has 0 aromatic carbocycles. The number of nitrogens with zero attached hydrogens (tertiary/aromatic N) is 2. The first-order valence-corrected chi connectivity index (χ1v) is 9.23. The second-order valence-corrected chi connectivity index (χ2v) is 7.73. The van der Waals surface area contributed by atoms with Crippen LogP contribution in [0.1, 0.15) is 29.1 Å². The van der Waals surface area contributed by atoms with Crippen molar-refractivity contribution in [2.45, 2.75) is 20.3 Å². The molecule has 3 heterocycles. The van der Waals surface area contributed by atoms with Crippen molar-refractivity contribution in [3.05, 3.63) is 46.3 Å². The van der Waals surface area contributed by atoms with Crippen LogP contribution in [0.15, 0.2) is 35.8 Å². The Morgan fingerprint density at radius 3 is 2.83 bits per heavy atom. The molecule has 2 N–H and O–H groups in total. The second-order valence-electron chi connectivity index (χ2n) is 5.70. The third-order valence-electron chi connectivity index (χ3n) is 3.31. The number of thiazole rings is 1. The van der Waals surface area contributed by atoms with E-state index in [1.165, 1.54) is 10.9 Å². The topological polar surface area (TPSA) is 75.1 Å². The molecule has 0 spiro atoms. The zero-order valence-corrected chi connectivity index (χ0v) is 14.9. The van der Waals surface area contributed by atoms with Crippen LogP contribution in [0.2, 0.25) is 0 Å². The highest BCUT2D eigenvalue weighted by atomic mass is 32.1. The van der Waals surface area contributed by atoms with Crippen molar-refractivity contribution in [2.24, 2.45) is 5.92 Å². The number of hydrogen-bond donors (Lipinski definition) is 2. The maximum absolute atomic E-state index is 11.3. The van der Waals surface area contributed by atoms with E-state index in [-0.39, 0.29) is 5.56 Å². The van der Waals surface area contributed by atoms with Gasteiger partial charge in [0.15, 0.2) is 5.13 Å². The van der Waals surface area contributed by atoms with Crippen LogP contribution < -0.4 is 5.32 Å². The molecule has 3 aromatic rings. The number of pyridine rings is 1. The molecule has 0 unspecified atom stereocenters. The fraction of sp³-hybridized carbons (Fsp3) is 0.235. The van der Waals surface area contributed by atoms with Gasteiger partial charge >= 0.3 is 5.97 Å². The summed E-state index contributed by atoms with van der Waals surface area (Å²) in [5.74, 6) is -0.183. The molecule has 3 rings (SSSR count). The van der Waals surface area contributed by atoms with Gasteiger partial charge in [-0.25, -0.2) is 14.8 Å². The molecule has 0 bridgehead atoms. The summed E-state index contributed by atoms with van der Waals surface area (Å²) < 4.78 is 0. The zero-order valence-electron chi connectivity index (χ0n) is 13.3. The van der Waals surface area contributed by atoms with Gasteiger partial charge in [0.05, 0.1) is 10.6 Å². The predicted molar refractivity (Wildman–Crippen MR) is 98.4 cm³/mol. The Morgan fingerprint density at radius 2 is 2.17 bits per heavy atom. The Hall–Kier alpha value is -2.25. The Morgan fingerprint density at radius 1 is 1.33 bits per heavy atom. The van der Waals surface area contributed by atoms with Gasteiger partial charge in [-0.15, -0.1) is 22.7 Å². The van der Waals surface area contributed by atoms with E-state index in [0.29, 0.717) is 16.9 Å². The lowest BCUT2D eigenvalue weighted by molar-refractivity contribution is 0.0697. The van der Waals surface area contributed by atoms with Crippen LogP contribution in [0.25, 0.3) is 10.6 Å². The van der Waals surface area contributed by atoms with Crippen LogP contribution in [-0.2, 0) is 6.42 Å². The molecular formula is C17H17N3O2S2. The van der Waals surface area contributed by atoms with Crippen molar-refractivity contribution in [3.63, 3.8) is 0 Å². The van der Waals surface area contributed by atoms with E-state index in [1.807, 2.05) is 11.4 Å². The van der Waals surface area contributed by atoms with Gasteiger partial charge in [-0.2, -0.15) is 0 Å². The molecule has 0 fully saturated rings. The molecule has 0 radical (unpaired) electrons. The monoisotopic (exact) mass is 359 g/mol. The lowest BCUT2D eigenvalue weighted by Gasteiger charge is -2.04. The maximum Gasteiger partial charge on any atom is 0.339 e. The summed E-state index contributed by atoms with van der Waals surface area (Å²) in [6, 6.07) is 7.20. The first kappa shape index (κ1) is 16.6. The van der Waals surface area contributed by atoms with Gasteiger partial charge in [0.1, 0.15) is 11.4 Å². The van der Waals surface area contributed by atoms with Crippen LogP contribution in [0.4, 0.5) is 10.9 Å². The average molecular weight is 359 g/mol. The number of carbonyl (C=O) groups is 1. The minimum atomic E-state index is -1.01. The molecule has 0 aliphatic heterocycles. The van der Waals surface area contributed by atoms with E-state index in [1.54, 1.807) is 34.9 Å². The predicted octanol–water partition coefficient (Wildman–Crippen LogP) is 4.91. The number of aromatic nitrogens is 2. The molecule has 7 heteroatoms. The van der Waals surface area contributed by atoms with Gasteiger partial charge in [-0.05, 0) is 35.9 Å². The molecule has 5 nitrogen and oxygen atoms in total. The number of rotatable bonds is 6. The fourth-order valence-electron chi connectivity index (χ4n) is 2.30. The molecule has 0 atom stereocenters. The number of anilines is 2. The molecular weight excluding hydrogens is 342 g/mol. The summed E-state index contributed by atoms with van der Waals surface area (Å²) in [5.41, 5.74) is 1.11. The average Bonchev–Trinajstić information content (AvgIpc) is 3.16. The van der Waals surface area contributed by atoms with Crippen molar-refractivity contribution >= 4 is 39.6 Å². The van der Waals surface area contributed by atoms with Crippen molar-refractivity contribution in [1.82, 2.24) is 9.97 Å². The summed E-state index contributed by atoms with van der Waals surface area (Å²) in [6.07, 6.45) is 2.50.